The number of nitrogen functional groups attached to an aromatic ring is 1. The van der Waals surface area contributed by atoms with Gasteiger partial charge in [0, 0.05) is 12.6 Å². The van der Waals surface area contributed by atoms with Gasteiger partial charge in [-0.15, -0.1) is 0 Å². The van der Waals surface area contributed by atoms with Crippen molar-refractivity contribution in [2.75, 3.05) is 12.8 Å². The minimum absolute atomic E-state index is 0.629. The van der Waals surface area contributed by atoms with E-state index in [-0.39, 0.29) is 0 Å². The second kappa shape index (κ2) is 4.78. The number of rotatable bonds is 2. The maximum absolute atomic E-state index is 6.39. The summed E-state index contributed by atoms with van der Waals surface area (Å²) in [5, 5.41) is 4.82. The lowest BCUT2D eigenvalue weighted by atomic mass is 9.93. The van der Waals surface area contributed by atoms with Crippen LogP contribution in [-0.2, 0) is 7.05 Å². The third-order valence-electron chi connectivity index (χ3n) is 3.64. The van der Waals surface area contributed by atoms with Gasteiger partial charge in [-0.25, -0.2) is 0 Å². The summed E-state index contributed by atoms with van der Waals surface area (Å²) in [6, 6.07) is 0. The van der Waals surface area contributed by atoms with Gasteiger partial charge in [0.25, 0.3) is 0 Å². The fraction of sp³-hybridized carbons (Fsp3) is 0.357. The summed E-state index contributed by atoms with van der Waals surface area (Å²) in [6.07, 6.45) is 1.77. The Kier molecular flexibility index (Phi) is 3.45. The number of hydrogen-bond acceptors (Lipinski definition) is 3. The van der Waals surface area contributed by atoms with Crippen molar-refractivity contribution in [2.24, 2.45) is 7.05 Å². The van der Waals surface area contributed by atoms with Gasteiger partial charge in [0.05, 0.1) is 18.3 Å². The van der Waals surface area contributed by atoms with Crippen LogP contribution >= 0.6 is 11.6 Å². The van der Waals surface area contributed by atoms with Crippen LogP contribution in [0.25, 0.3) is 11.1 Å². The molecule has 1 heterocycles. The highest BCUT2D eigenvalue weighted by atomic mass is 35.5. The van der Waals surface area contributed by atoms with E-state index >= 15 is 0 Å². The molecule has 1 aromatic heterocycles. The van der Waals surface area contributed by atoms with Gasteiger partial charge in [0.15, 0.2) is 0 Å². The molecule has 0 bridgehead atoms. The van der Waals surface area contributed by atoms with Gasteiger partial charge < -0.3 is 10.5 Å². The van der Waals surface area contributed by atoms with Crippen LogP contribution in [0.1, 0.15) is 16.7 Å². The van der Waals surface area contributed by atoms with E-state index in [0.29, 0.717) is 10.8 Å². The van der Waals surface area contributed by atoms with Crippen molar-refractivity contribution in [1.82, 2.24) is 9.78 Å². The van der Waals surface area contributed by atoms with Crippen molar-refractivity contribution in [3.05, 3.63) is 27.9 Å². The summed E-state index contributed by atoms with van der Waals surface area (Å²) >= 11 is 6.39. The number of methoxy groups -OCH3 is 1. The standard InChI is InChI=1S/C14H18ClN3O/c1-7-8(2)13(19-5)12(15)9(3)11(7)10-6-17-18(4)14(10)16/h6H,16H2,1-5H3. The van der Waals surface area contributed by atoms with Crippen molar-refractivity contribution >= 4 is 17.4 Å². The Bertz CT molecular complexity index is 618. The molecule has 0 unspecified atom stereocenters. The Morgan fingerprint density at radius 3 is 2.32 bits per heavy atom. The highest BCUT2D eigenvalue weighted by Gasteiger charge is 2.20. The largest absolute Gasteiger partial charge is 0.495 e. The monoisotopic (exact) mass is 279 g/mol. The fourth-order valence-electron chi connectivity index (χ4n) is 2.37. The number of aromatic nitrogens is 2. The van der Waals surface area contributed by atoms with Crippen LogP contribution in [0.3, 0.4) is 0 Å². The van der Waals surface area contributed by atoms with Crippen molar-refractivity contribution in [3.63, 3.8) is 0 Å². The first-order valence-electron chi connectivity index (χ1n) is 6.01. The molecule has 0 aliphatic heterocycles. The molecule has 0 atom stereocenters. The van der Waals surface area contributed by atoms with E-state index in [2.05, 4.69) is 5.10 Å². The molecule has 5 heteroatoms. The third-order valence-corrected chi connectivity index (χ3v) is 4.09. The Hall–Kier alpha value is -1.68. The maximum atomic E-state index is 6.39. The average Bonchev–Trinajstić information content (AvgIpc) is 2.70. The van der Waals surface area contributed by atoms with Crippen LogP contribution in [0.2, 0.25) is 5.02 Å². The molecule has 0 radical (unpaired) electrons. The molecule has 1 aromatic carbocycles. The zero-order chi connectivity index (χ0) is 14.3. The molecule has 0 spiro atoms. The summed E-state index contributed by atoms with van der Waals surface area (Å²) in [5.74, 6) is 1.36. The van der Waals surface area contributed by atoms with Gasteiger partial charge in [-0.05, 0) is 43.0 Å². The molecule has 0 aliphatic rings. The molecule has 0 saturated carbocycles. The predicted octanol–water partition coefficient (Wildman–Crippen LogP) is 3.26. The van der Waals surface area contributed by atoms with Gasteiger partial charge in [0.2, 0.25) is 0 Å². The minimum atomic E-state index is 0.629. The number of nitrogens with zero attached hydrogens (tertiary/aromatic N) is 2. The van der Waals surface area contributed by atoms with Crippen molar-refractivity contribution in [1.29, 1.82) is 0 Å². The maximum Gasteiger partial charge on any atom is 0.140 e. The number of aryl methyl sites for hydroxylation is 1. The highest BCUT2D eigenvalue weighted by molar-refractivity contribution is 6.33. The molecule has 19 heavy (non-hydrogen) atoms. The summed E-state index contributed by atoms with van der Waals surface area (Å²) in [7, 11) is 3.45. The fourth-order valence-corrected chi connectivity index (χ4v) is 2.68. The normalized spacial score (nSPS) is 10.8. The van der Waals surface area contributed by atoms with E-state index < -0.39 is 0 Å². The Morgan fingerprint density at radius 1 is 1.21 bits per heavy atom. The van der Waals surface area contributed by atoms with Gasteiger partial charge >= 0.3 is 0 Å². The van der Waals surface area contributed by atoms with E-state index in [1.54, 1.807) is 18.0 Å². The lowest BCUT2D eigenvalue weighted by Gasteiger charge is -2.18. The molecule has 0 aliphatic carbocycles. The first-order valence-corrected chi connectivity index (χ1v) is 6.39. The quantitative estimate of drug-likeness (QED) is 0.918. The zero-order valence-electron chi connectivity index (χ0n) is 11.8. The summed E-state index contributed by atoms with van der Waals surface area (Å²) in [4.78, 5) is 0. The molecule has 2 rings (SSSR count). The third kappa shape index (κ3) is 1.96. The molecule has 2 N–H and O–H groups in total. The topological polar surface area (TPSA) is 53.1 Å². The van der Waals surface area contributed by atoms with Crippen molar-refractivity contribution < 1.29 is 4.74 Å². The average molecular weight is 280 g/mol. The molecule has 4 nitrogen and oxygen atoms in total. The van der Waals surface area contributed by atoms with Crippen LogP contribution < -0.4 is 10.5 Å². The molecule has 0 fully saturated rings. The summed E-state index contributed by atoms with van der Waals surface area (Å²) in [6.45, 7) is 6.01. The first kappa shape index (κ1) is 13.7. The first-order chi connectivity index (χ1) is 8.90. The molecule has 102 valence electrons. The number of nitrogens with two attached hydrogens (primary N) is 1. The van der Waals surface area contributed by atoms with E-state index in [0.717, 1.165) is 33.6 Å². The summed E-state index contributed by atoms with van der Waals surface area (Å²) in [5.41, 5.74) is 11.1. The Labute approximate surface area is 118 Å². The Balaban J connectivity index is 2.82. The van der Waals surface area contributed by atoms with Crippen molar-refractivity contribution in [3.8, 4) is 16.9 Å². The van der Waals surface area contributed by atoms with Gasteiger partial charge in [-0.1, -0.05) is 11.6 Å². The number of hydrogen-bond donors (Lipinski definition) is 1. The van der Waals surface area contributed by atoms with Crippen LogP contribution in [0.5, 0.6) is 5.75 Å². The van der Waals surface area contributed by atoms with Gasteiger partial charge in [-0.3, -0.25) is 4.68 Å². The van der Waals surface area contributed by atoms with Crippen LogP contribution in [-0.4, -0.2) is 16.9 Å². The summed E-state index contributed by atoms with van der Waals surface area (Å²) < 4.78 is 7.03. The molecular formula is C14H18ClN3O. The van der Waals surface area contributed by atoms with E-state index in [9.17, 15) is 0 Å². The van der Waals surface area contributed by atoms with E-state index in [1.807, 2.05) is 27.8 Å². The SMILES string of the molecule is COc1c(C)c(C)c(-c2cnn(C)c2N)c(C)c1Cl. The highest BCUT2D eigenvalue weighted by Crippen LogP contribution is 2.42. The molecule has 2 aromatic rings. The van der Waals surface area contributed by atoms with E-state index in [4.69, 9.17) is 22.1 Å². The minimum Gasteiger partial charge on any atom is -0.495 e. The van der Waals surface area contributed by atoms with Crippen LogP contribution in [0.4, 0.5) is 5.82 Å². The van der Waals surface area contributed by atoms with E-state index in [1.165, 1.54) is 0 Å². The molecule has 0 saturated heterocycles. The van der Waals surface area contributed by atoms with Gasteiger partial charge in [0.1, 0.15) is 11.6 Å². The lowest BCUT2D eigenvalue weighted by molar-refractivity contribution is 0.411. The van der Waals surface area contributed by atoms with Crippen LogP contribution in [0.15, 0.2) is 6.20 Å². The lowest BCUT2D eigenvalue weighted by Crippen LogP contribution is -2.01. The second-order valence-corrected chi connectivity index (χ2v) is 5.04. The number of anilines is 1. The van der Waals surface area contributed by atoms with Gasteiger partial charge in [-0.2, -0.15) is 5.10 Å². The number of benzene rings is 1. The Morgan fingerprint density at radius 2 is 1.84 bits per heavy atom. The smallest absolute Gasteiger partial charge is 0.140 e. The zero-order valence-corrected chi connectivity index (χ0v) is 12.6. The number of halogens is 1. The number of ether oxygens (including phenoxy) is 1. The molecular weight excluding hydrogens is 262 g/mol. The molecule has 0 amide bonds. The van der Waals surface area contributed by atoms with Crippen molar-refractivity contribution in [2.45, 2.75) is 20.8 Å². The second-order valence-electron chi connectivity index (χ2n) is 4.66. The predicted molar refractivity (Wildman–Crippen MR) is 78.8 cm³/mol. The van der Waals surface area contributed by atoms with Crippen LogP contribution in [0, 0.1) is 20.8 Å².